The lowest BCUT2D eigenvalue weighted by Crippen LogP contribution is -2.43. The van der Waals surface area contributed by atoms with Gasteiger partial charge in [0.25, 0.3) is 0 Å². The van der Waals surface area contributed by atoms with E-state index in [1.165, 1.54) is 25.9 Å². The van der Waals surface area contributed by atoms with Crippen LogP contribution in [0.25, 0.3) is 0 Å². The fraction of sp³-hybridized carbons (Fsp3) is 0.929. The summed E-state index contributed by atoms with van der Waals surface area (Å²) in [7, 11) is 2.18. The van der Waals surface area contributed by atoms with Gasteiger partial charge in [-0.05, 0) is 57.3 Å². The van der Waals surface area contributed by atoms with E-state index in [9.17, 15) is 4.79 Å². The number of rotatable bonds is 6. The van der Waals surface area contributed by atoms with E-state index in [0.717, 1.165) is 13.0 Å². The van der Waals surface area contributed by atoms with Crippen LogP contribution in [0.3, 0.4) is 0 Å². The molecule has 0 unspecified atom stereocenters. The molecule has 18 heavy (non-hydrogen) atoms. The zero-order chi connectivity index (χ0) is 13.6. The van der Waals surface area contributed by atoms with Crippen molar-refractivity contribution in [1.29, 1.82) is 0 Å². The zero-order valence-corrected chi connectivity index (χ0v) is 12.2. The van der Waals surface area contributed by atoms with Crippen LogP contribution in [-0.2, 0) is 4.79 Å². The van der Waals surface area contributed by atoms with Crippen LogP contribution in [0, 0.1) is 11.3 Å². The molecule has 0 aromatic rings. The van der Waals surface area contributed by atoms with Gasteiger partial charge in [0, 0.05) is 13.0 Å². The van der Waals surface area contributed by atoms with Crippen LogP contribution < -0.4 is 11.1 Å². The summed E-state index contributed by atoms with van der Waals surface area (Å²) in [5, 5.41) is 3.06. The molecule has 1 fully saturated rings. The fourth-order valence-corrected chi connectivity index (χ4v) is 2.61. The number of carbonyl (C=O) groups excluding carboxylic acids is 1. The van der Waals surface area contributed by atoms with E-state index in [1.54, 1.807) is 0 Å². The van der Waals surface area contributed by atoms with Crippen molar-refractivity contribution < 1.29 is 4.79 Å². The summed E-state index contributed by atoms with van der Waals surface area (Å²) >= 11 is 0. The number of amides is 1. The first-order chi connectivity index (χ1) is 8.45. The summed E-state index contributed by atoms with van der Waals surface area (Å²) in [4.78, 5) is 14.0. The monoisotopic (exact) mass is 255 g/mol. The third-order valence-corrected chi connectivity index (χ3v) is 4.17. The topological polar surface area (TPSA) is 58.4 Å². The fourth-order valence-electron chi connectivity index (χ4n) is 2.61. The number of hydrogen-bond donors (Lipinski definition) is 2. The van der Waals surface area contributed by atoms with Crippen LogP contribution in [0.4, 0.5) is 0 Å². The summed E-state index contributed by atoms with van der Waals surface area (Å²) < 4.78 is 0. The van der Waals surface area contributed by atoms with Crippen molar-refractivity contribution in [3.05, 3.63) is 0 Å². The Balaban J connectivity index is 2.32. The summed E-state index contributed by atoms with van der Waals surface area (Å²) in [5.41, 5.74) is 5.60. The molecule has 1 saturated heterocycles. The Kier molecular flexibility index (Phi) is 6.09. The molecule has 4 heteroatoms. The predicted molar refractivity (Wildman–Crippen MR) is 75.3 cm³/mol. The Bertz CT molecular complexity index is 258. The van der Waals surface area contributed by atoms with Crippen molar-refractivity contribution >= 4 is 5.91 Å². The smallest absolute Gasteiger partial charge is 0.220 e. The second-order valence-corrected chi connectivity index (χ2v) is 6.24. The molecule has 0 spiro atoms. The molecule has 1 amide bonds. The quantitative estimate of drug-likeness (QED) is 0.750. The van der Waals surface area contributed by atoms with Crippen LogP contribution in [0.1, 0.15) is 39.5 Å². The minimum atomic E-state index is 0.140. The predicted octanol–water partition coefficient (Wildman–Crippen LogP) is 1.21. The third kappa shape index (κ3) is 4.94. The molecule has 0 atom stereocenters. The van der Waals surface area contributed by atoms with Crippen LogP contribution in [0.15, 0.2) is 0 Å². The van der Waals surface area contributed by atoms with Crippen LogP contribution in [0.2, 0.25) is 0 Å². The first-order valence-corrected chi connectivity index (χ1v) is 7.11. The molecule has 0 bridgehead atoms. The third-order valence-electron chi connectivity index (χ3n) is 4.17. The largest absolute Gasteiger partial charge is 0.356 e. The maximum atomic E-state index is 11.6. The standard InChI is InChI=1S/C14H29N3O/c1-14(2,11-16-13(18)5-4-8-15)12-6-9-17(3)10-7-12/h12H,4-11,15H2,1-3H3,(H,16,18). The lowest BCUT2D eigenvalue weighted by molar-refractivity contribution is -0.121. The van der Waals surface area contributed by atoms with E-state index < -0.39 is 0 Å². The van der Waals surface area contributed by atoms with Crippen molar-refractivity contribution in [3.8, 4) is 0 Å². The first-order valence-electron chi connectivity index (χ1n) is 7.11. The number of hydrogen-bond acceptors (Lipinski definition) is 3. The molecule has 1 rings (SSSR count). The first kappa shape index (κ1) is 15.4. The Morgan fingerprint density at radius 3 is 2.56 bits per heavy atom. The number of nitrogens with zero attached hydrogens (tertiary/aromatic N) is 1. The maximum Gasteiger partial charge on any atom is 0.220 e. The maximum absolute atomic E-state index is 11.6. The van der Waals surface area contributed by atoms with Gasteiger partial charge in [-0.2, -0.15) is 0 Å². The van der Waals surface area contributed by atoms with E-state index >= 15 is 0 Å². The molecule has 1 aliphatic rings. The van der Waals surface area contributed by atoms with Gasteiger partial charge < -0.3 is 16.0 Å². The van der Waals surface area contributed by atoms with E-state index in [4.69, 9.17) is 5.73 Å². The molecule has 0 radical (unpaired) electrons. The molecule has 106 valence electrons. The van der Waals surface area contributed by atoms with Gasteiger partial charge in [-0.25, -0.2) is 0 Å². The summed E-state index contributed by atoms with van der Waals surface area (Å²) in [5.74, 6) is 0.852. The summed E-state index contributed by atoms with van der Waals surface area (Å²) in [6.45, 7) is 8.26. The number of nitrogens with one attached hydrogen (secondary N) is 1. The molecule has 0 aromatic carbocycles. The second kappa shape index (κ2) is 7.10. The number of carbonyl (C=O) groups is 1. The SMILES string of the molecule is CN1CCC(C(C)(C)CNC(=O)CCCN)CC1. The van der Waals surface area contributed by atoms with Crippen molar-refractivity contribution in [2.75, 3.05) is 33.2 Å². The second-order valence-electron chi connectivity index (χ2n) is 6.24. The van der Waals surface area contributed by atoms with Crippen LogP contribution >= 0.6 is 0 Å². The number of piperidine rings is 1. The average molecular weight is 255 g/mol. The van der Waals surface area contributed by atoms with Gasteiger partial charge in [0.2, 0.25) is 5.91 Å². The highest BCUT2D eigenvalue weighted by Crippen LogP contribution is 2.34. The van der Waals surface area contributed by atoms with E-state index in [0.29, 0.717) is 18.9 Å². The Hall–Kier alpha value is -0.610. The highest BCUT2D eigenvalue weighted by molar-refractivity contribution is 5.75. The normalized spacial score (nSPS) is 18.9. The van der Waals surface area contributed by atoms with E-state index in [1.807, 2.05) is 0 Å². The van der Waals surface area contributed by atoms with E-state index in [-0.39, 0.29) is 11.3 Å². The lowest BCUT2D eigenvalue weighted by Gasteiger charge is -2.39. The Morgan fingerprint density at radius 1 is 1.39 bits per heavy atom. The van der Waals surface area contributed by atoms with Gasteiger partial charge in [-0.3, -0.25) is 4.79 Å². The molecule has 1 aliphatic heterocycles. The van der Waals surface area contributed by atoms with Crippen molar-refractivity contribution in [1.82, 2.24) is 10.2 Å². The average Bonchev–Trinajstić information content (AvgIpc) is 2.34. The minimum Gasteiger partial charge on any atom is -0.356 e. The van der Waals surface area contributed by atoms with Gasteiger partial charge in [0.15, 0.2) is 0 Å². The van der Waals surface area contributed by atoms with Gasteiger partial charge >= 0.3 is 0 Å². The van der Waals surface area contributed by atoms with Crippen LogP contribution in [0.5, 0.6) is 0 Å². The van der Waals surface area contributed by atoms with Crippen molar-refractivity contribution in [3.63, 3.8) is 0 Å². The minimum absolute atomic E-state index is 0.140. The highest BCUT2D eigenvalue weighted by Gasteiger charge is 2.31. The van der Waals surface area contributed by atoms with Gasteiger partial charge in [-0.1, -0.05) is 13.8 Å². The molecule has 1 heterocycles. The van der Waals surface area contributed by atoms with Crippen LogP contribution in [-0.4, -0.2) is 44.0 Å². The summed E-state index contributed by atoms with van der Waals surface area (Å²) in [6, 6.07) is 0. The van der Waals surface area contributed by atoms with Crippen molar-refractivity contribution in [2.24, 2.45) is 17.1 Å². The molecular weight excluding hydrogens is 226 g/mol. The number of likely N-dealkylation sites (tertiary alicyclic amines) is 1. The number of nitrogens with two attached hydrogens (primary N) is 1. The van der Waals surface area contributed by atoms with Crippen molar-refractivity contribution in [2.45, 2.75) is 39.5 Å². The molecule has 4 nitrogen and oxygen atoms in total. The molecule has 0 aliphatic carbocycles. The summed E-state index contributed by atoms with van der Waals surface area (Å²) in [6.07, 6.45) is 3.81. The Morgan fingerprint density at radius 2 is 2.00 bits per heavy atom. The highest BCUT2D eigenvalue weighted by atomic mass is 16.1. The molecule has 3 N–H and O–H groups in total. The van der Waals surface area contributed by atoms with Gasteiger partial charge in [0.05, 0.1) is 0 Å². The lowest BCUT2D eigenvalue weighted by atomic mass is 9.73. The van der Waals surface area contributed by atoms with Gasteiger partial charge in [-0.15, -0.1) is 0 Å². The molecule has 0 saturated carbocycles. The molecule has 0 aromatic heterocycles. The molecular formula is C14H29N3O. The van der Waals surface area contributed by atoms with Gasteiger partial charge in [0.1, 0.15) is 0 Å². The zero-order valence-electron chi connectivity index (χ0n) is 12.2. The van der Waals surface area contributed by atoms with E-state index in [2.05, 4.69) is 31.1 Å². The Labute approximate surface area is 111 Å².